The third-order valence-electron chi connectivity index (χ3n) is 1.47. The predicted molar refractivity (Wildman–Crippen MR) is 47.9 cm³/mol. The van der Waals surface area contributed by atoms with Crippen molar-refractivity contribution in [3.63, 3.8) is 0 Å². The lowest BCUT2D eigenvalue weighted by atomic mass is 10.3. The molecule has 0 heterocycles. The average Bonchev–Trinajstić information content (AvgIpc) is 1.84. The molecule has 68 valence electrons. The standard InChI is InChI=1S/C8H20N2O/c1-9(2)6-8(11-5)7-10(3)4/h8H,6-7H2,1-5H3. The molecule has 0 saturated carbocycles. The van der Waals surface area contributed by atoms with Crippen molar-refractivity contribution in [1.29, 1.82) is 0 Å². The Morgan fingerprint density at radius 2 is 1.36 bits per heavy atom. The monoisotopic (exact) mass is 160 g/mol. The molecule has 3 nitrogen and oxygen atoms in total. The minimum Gasteiger partial charge on any atom is -0.379 e. The van der Waals surface area contributed by atoms with Crippen molar-refractivity contribution in [3.8, 4) is 0 Å². The lowest BCUT2D eigenvalue weighted by Gasteiger charge is -2.22. The summed E-state index contributed by atoms with van der Waals surface area (Å²) in [6.45, 7) is 1.96. The molecule has 0 saturated heterocycles. The second-order valence-electron chi connectivity index (χ2n) is 3.38. The van der Waals surface area contributed by atoms with Gasteiger partial charge in [-0.3, -0.25) is 0 Å². The van der Waals surface area contributed by atoms with Gasteiger partial charge in [-0.05, 0) is 28.2 Å². The average molecular weight is 160 g/mol. The Morgan fingerprint density at radius 3 is 1.55 bits per heavy atom. The van der Waals surface area contributed by atoms with Crippen LogP contribution in [0.15, 0.2) is 0 Å². The van der Waals surface area contributed by atoms with Gasteiger partial charge in [0.15, 0.2) is 0 Å². The maximum absolute atomic E-state index is 5.29. The first kappa shape index (κ1) is 10.9. The van der Waals surface area contributed by atoms with Gasteiger partial charge in [-0.15, -0.1) is 0 Å². The number of hydrogen-bond acceptors (Lipinski definition) is 3. The van der Waals surface area contributed by atoms with Gasteiger partial charge in [0.2, 0.25) is 0 Å². The van der Waals surface area contributed by atoms with Crippen LogP contribution in [-0.4, -0.2) is 64.3 Å². The van der Waals surface area contributed by atoms with Crippen LogP contribution < -0.4 is 0 Å². The molecule has 0 spiro atoms. The van der Waals surface area contributed by atoms with E-state index in [0.717, 1.165) is 13.1 Å². The smallest absolute Gasteiger partial charge is 0.0824 e. The molecule has 0 aliphatic carbocycles. The second kappa shape index (κ2) is 5.52. The van der Waals surface area contributed by atoms with Crippen molar-refractivity contribution >= 4 is 0 Å². The number of nitrogens with zero attached hydrogens (tertiary/aromatic N) is 2. The van der Waals surface area contributed by atoms with Gasteiger partial charge in [0.1, 0.15) is 0 Å². The first-order valence-corrected chi connectivity index (χ1v) is 3.88. The van der Waals surface area contributed by atoms with E-state index in [1.807, 2.05) is 0 Å². The van der Waals surface area contributed by atoms with Crippen LogP contribution in [0.25, 0.3) is 0 Å². The molecule has 0 aliphatic rings. The van der Waals surface area contributed by atoms with Crippen LogP contribution in [-0.2, 0) is 4.74 Å². The van der Waals surface area contributed by atoms with E-state index in [1.165, 1.54) is 0 Å². The Bertz CT molecular complexity index is 84.1. The highest BCUT2D eigenvalue weighted by molar-refractivity contribution is 4.63. The lowest BCUT2D eigenvalue weighted by Crippen LogP contribution is -2.35. The molecule has 0 unspecified atom stereocenters. The maximum Gasteiger partial charge on any atom is 0.0824 e. The molecule has 0 amide bonds. The summed E-state index contributed by atoms with van der Waals surface area (Å²) < 4.78 is 5.29. The first-order chi connectivity index (χ1) is 5.06. The number of methoxy groups -OCH3 is 1. The molecule has 3 heteroatoms. The summed E-state index contributed by atoms with van der Waals surface area (Å²) in [4.78, 5) is 4.27. The number of rotatable bonds is 5. The zero-order valence-corrected chi connectivity index (χ0v) is 8.29. The summed E-state index contributed by atoms with van der Waals surface area (Å²) in [7, 11) is 9.99. The van der Waals surface area contributed by atoms with E-state index in [4.69, 9.17) is 4.74 Å². The van der Waals surface area contributed by atoms with E-state index in [1.54, 1.807) is 7.11 Å². The molecule has 0 bridgehead atoms. The highest BCUT2D eigenvalue weighted by Crippen LogP contribution is 1.93. The highest BCUT2D eigenvalue weighted by Gasteiger charge is 2.08. The quantitative estimate of drug-likeness (QED) is 0.568. The van der Waals surface area contributed by atoms with E-state index in [-0.39, 0.29) is 0 Å². The van der Waals surface area contributed by atoms with Crippen LogP contribution in [0.4, 0.5) is 0 Å². The van der Waals surface area contributed by atoms with E-state index >= 15 is 0 Å². The van der Waals surface area contributed by atoms with Crippen molar-refractivity contribution in [1.82, 2.24) is 9.80 Å². The van der Waals surface area contributed by atoms with Gasteiger partial charge < -0.3 is 14.5 Å². The molecule has 0 rings (SSSR count). The van der Waals surface area contributed by atoms with E-state index in [0.29, 0.717) is 6.10 Å². The van der Waals surface area contributed by atoms with Gasteiger partial charge >= 0.3 is 0 Å². The zero-order valence-electron chi connectivity index (χ0n) is 8.29. The largest absolute Gasteiger partial charge is 0.379 e. The van der Waals surface area contributed by atoms with Gasteiger partial charge in [0.25, 0.3) is 0 Å². The fraction of sp³-hybridized carbons (Fsp3) is 1.00. The molecular weight excluding hydrogens is 140 g/mol. The molecule has 0 fully saturated rings. The minimum atomic E-state index is 0.319. The molecule has 0 aromatic rings. The summed E-state index contributed by atoms with van der Waals surface area (Å²) in [5, 5.41) is 0. The van der Waals surface area contributed by atoms with E-state index in [2.05, 4.69) is 38.0 Å². The SMILES string of the molecule is COC(CN(C)C)CN(C)C. The fourth-order valence-corrected chi connectivity index (χ4v) is 1.02. The maximum atomic E-state index is 5.29. The normalized spacial score (nSPS) is 12.0. The van der Waals surface area contributed by atoms with Crippen molar-refractivity contribution in [2.45, 2.75) is 6.10 Å². The number of ether oxygens (including phenoxy) is 1. The zero-order chi connectivity index (χ0) is 8.85. The predicted octanol–water partition coefficient (Wildman–Crippen LogP) is 0.125. The third-order valence-corrected chi connectivity index (χ3v) is 1.47. The summed E-state index contributed by atoms with van der Waals surface area (Å²) >= 11 is 0. The van der Waals surface area contributed by atoms with Crippen molar-refractivity contribution < 1.29 is 4.74 Å². The molecule has 0 aromatic heterocycles. The minimum absolute atomic E-state index is 0.319. The Balaban J connectivity index is 3.58. The molecule has 0 aliphatic heterocycles. The number of likely N-dealkylation sites (N-methyl/N-ethyl adjacent to an activating group) is 2. The molecular formula is C8H20N2O. The second-order valence-corrected chi connectivity index (χ2v) is 3.38. The molecule has 0 N–H and O–H groups in total. The highest BCUT2D eigenvalue weighted by atomic mass is 16.5. The Hall–Kier alpha value is -0.120. The van der Waals surface area contributed by atoms with E-state index in [9.17, 15) is 0 Å². The van der Waals surface area contributed by atoms with Gasteiger partial charge in [-0.1, -0.05) is 0 Å². The van der Waals surface area contributed by atoms with Crippen molar-refractivity contribution in [3.05, 3.63) is 0 Å². The van der Waals surface area contributed by atoms with E-state index < -0.39 is 0 Å². The first-order valence-electron chi connectivity index (χ1n) is 3.88. The Morgan fingerprint density at radius 1 is 1.00 bits per heavy atom. The molecule has 0 aromatic carbocycles. The summed E-state index contributed by atoms with van der Waals surface area (Å²) in [6.07, 6.45) is 0.319. The lowest BCUT2D eigenvalue weighted by molar-refractivity contribution is 0.0578. The van der Waals surface area contributed by atoms with Gasteiger partial charge in [-0.2, -0.15) is 0 Å². The Kier molecular flexibility index (Phi) is 5.46. The number of hydrogen-bond donors (Lipinski definition) is 0. The van der Waals surface area contributed by atoms with Gasteiger partial charge in [-0.25, -0.2) is 0 Å². The van der Waals surface area contributed by atoms with Gasteiger partial charge in [0, 0.05) is 20.2 Å². The van der Waals surface area contributed by atoms with Crippen molar-refractivity contribution in [2.24, 2.45) is 0 Å². The summed E-state index contributed by atoms with van der Waals surface area (Å²) in [6, 6.07) is 0. The third kappa shape index (κ3) is 6.28. The molecule has 0 radical (unpaired) electrons. The van der Waals surface area contributed by atoms with Crippen LogP contribution in [0, 0.1) is 0 Å². The molecule has 0 atom stereocenters. The summed E-state index contributed by atoms with van der Waals surface area (Å²) in [5.41, 5.74) is 0. The topological polar surface area (TPSA) is 15.7 Å². The van der Waals surface area contributed by atoms with Crippen molar-refractivity contribution in [2.75, 3.05) is 48.4 Å². The van der Waals surface area contributed by atoms with Crippen LogP contribution >= 0.6 is 0 Å². The van der Waals surface area contributed by atoms with Crippen LogP contribution in [0.1, 0.15) is 0 Å². The van der Waals surface area contributed by atoms with Gasteiger partial charge in [0.05, 0.1) is 6.10 Å². The fourth-order valence-electron chi connectivity index (χ4n) is 1.02. The molecule has 11 heavy (non-hydrogen) atoms. The van der Waals surface area contributed by atoms with Crippen LogP contribution in [0.3, 0.4) is 0 Å². The van der Waals surface area contributed by atoms with Crippen LogP contribution in [0.5, 0.6) is 0 Å². The Labute approximate surface area is 69.9 Å². The summed E-state index contributed by atoms with van der Waals surface area (Å²) in [5.74, 6) is 0. The van der Waals surface area contributed by atoms with Crippen LogP contribution in [0.2, 0.25) is 0 Å².